The Morgan fingerprint density at radius 1 is 0.545 bits per heavy atom. The highest BCUT2D eigenvalue weighted by molar-refractivity contribution is 8.01. The summed E-state index contributed by atoms with van der Waals surface area (Å²) in [6.45, 7) is 0.416. The summed E-state index contributed by atoms with van der Waals surface area (Å²) in [5, 5.41) is 21.2. The lowest BCUT2D eigenvalue weighted by Crippen LogP contribution is -2.21. The first kappa shape index (κ1) is 38.4. The molecule has 0 spiro atoms. The summed E-state index contributed by atoms with van der Waals surface area (Å²) in [5.74, 6) is 4.16. The molecule has 12 heteroatoms. The molecule has 0 aliphatic rings. The molecule has 0 saturated carbocycles. The standard InChI is InChI=1S/C32H42O4S8/c1-37-25-11-29(39-3)27(30(12-25)40-4)19-43-17-21(33)15-35-23-8-7-9-24(10-23)36-16-22(34)18-44-20-28-31(41-5)13-26(38-2)14-32(28)42-6/h7-14,21-22,33-34H,15-20H2,1-6H3. The molecule has 3 aromatic carbocycles. The maximum Gasteiger partial charge on any atom is 0.123 e. The number of ether oxygens (including phenoxy) is 2. The normalized spacial score (nSPS) is 12.7. The lowest BCUT2D eigenvalue weighted by Gasteiger charge is -2.17. The second kappa shape index (κ2) is 21.1. The van der Waals surface area contributed by atoms with Crippen LogP contribution < -0.4 is 9.47 Å². The summed E-state index contributed by atoms with van der Waals surface area (Å²) in [6, 6.07) is 16.4. The molecular weight excluding hydrogens is 705 g/mol. The molecule has 0 aliphatic carbocycles. The SMILES string of the molecule is CSc1cc(SC)c(CSCC(O)COc2cccc(OCC(O)CSCc3c(SC)cc(SC)cc3SC)c2)c(SC)c1. The highest BCUT2D eigenvalue weighted by Gasteiger charge is 2.14. The van der Waals surface area contributed by atoms with Crippen molar-refractivity contribution in [3.05, 3.63) is 59.7 Å². The van der Waals surface area contributed by atoms with Crippen LogP contribution in [0.5, 0.6) is 11.5 Å². The van der Waals surface area contributed by atoms with Gasteiger partial charge in [0.15, 0.2) is 0 Å². The van der Waals surface area contributed by atoms with E-state index in [0.29, 0.717) is 23.0 Å². The minimum atomic E-state index is -0.584. The topological polar surface area (TPSA) is 58.9 Å². The smallest absolute Gasteiger partial charge is 0.123 e. The van der Waals surface area contributed by atoms with Crippen molar-refractivity contribution < 1.29 is 19.7 Å². The molecule has 0 aliphatic heterocycles. The van der Waals surface area contributed by atoms with Crippen molar-refractivity contribution in [1.29, 1.82) is 0 Å². The first-order chi connectivity index (χ1) is 21.3. The Hall–Kier alpha value is -0.0200. The lowest BCUT2D eigenvalue weighted by atomic mass is 10.2. The average Bonchev–Trinajstić information content (AvgIpc) is 3.06. The molecule has 0 amide bonds. The second-order valence-electron chi connectivity index (χ2n) is 9.46. The quantitative estimate of drug-likeness (QED) is 0.108. The predicted molar refractivity (Wildman–Crippen MR) is 205 cm³/mol. The molecule has 0 heterocycles. The van der Waals surface area contributed by atoms with E-state index in [1.54, 1.807) is 94.1 Å². The van der Waals surface area contributed by atoms with E-state index in [1.165, 1.54) is 40.5 Å². The fourth-order valence-corrected chi connectivity index (χ4v) is 10.6. The molecule has 3 aromatic rings. The zero-order valence-corrected chi connectivity index (χ0v) is 32.5. The van der Waals surface area contributed by atoms with Crippen molar-refractivity contribution in [1.82, 2.24) is 0 Å². The third-order valence-electron chi connectivity index (χ3n) is 6.44. The number of hydrogen-bond donors (Lipinski definition) is 2. The van der Waals surface area contributed by atoms with E-state index in [0.717, 1.165) is 11.5 Å². The summed E-state index contributed by atoms with van der Waals surface area (Å²) in [4.78, 5) is 7.77. The van der Waals surface area contributed by atoms with Gasteiger partial charge in [0.1, 0.15) is 24.7 Å². The molecule has 0 saturated heterocycles. The van der Waals surface area contributed by atoms with Crippen LogP contribution in [0.3, 0.4) is 0 Å². The number of rotatable bonds is 20. The highest BCUT2D eigenvalue weighted by atomic mass is 32.2. The van der Waals surface area contributed by atoms with Crippen LogP contribution in [0.15, 0.2) is 77.9 Å². The van der Waals surface area contributed by atoms with Crippen LogP contribution in [0.4, 0.5) is 0 Å². The van der Waals surface area contributed by atoms with E-state index in [9.17, 15) is 10.2 Å². The Kier molecular flexibility index (Phi) is 18.4. The van der Waals surface area contributed by atoms with Crippen molar-refractivity contribution in [2.45, 2.75) is 53.1 Å². The zero-order valence-electron chi connectivity index (χ0n) is 26.0. The lowest BCUT2D eigenvalue weighted by molar-refractivity contribution is 0.122. The van der Waals surface area contributed by atoms with Crippen LogP contribution >= 0.6 is 94.1 Å². The van der Waals surface area contributed by atoms with E-state index < -0.39 is 12.2 Å². The molecule has 2 unspecified atom stereocenters. The number of thioether (sulfide) groups is 8. The van der Waals surface area contributed by atoms with E-state index in [-0.39, 0.29) is 13.2 Å². The van der Waals surface area contributed by atoms with Gasteiger partial charge in [-0.3, -0.25) is 0 Å². The summed E-state index contributed by atoms with van der Waals surface area (Å²) in [6.07, 6.45) is 11.5. The maximum atomic E-state index is 10.6. The molecule has 44 heavy (non-hydrogen) atoms. The van der Waals surface area contributed by atoms with Gasteiger partial charge < -0.3 is 19.7 Å². The Labute approximate surface area is 297 Å². The van der Waals surface area contributed by atoms with Gasteiger partial charge in [0, 0.05) is 58.5 Å². The number of aliphatic hydroxyl groups excluding tert-OH is 2. The highest BCUT2D eigenvalue weighted by Crippen LogP contribution is 2.37. The van der Waals surface area contributed by atoms with E-state index >= 15 is 0 Å². The van der Waals surface area contributed by atoms with E-state index in [1.807, 2.05) is 24.3 Å². The number of benzene rings is 3. The second-order valence-corrected chi connectivity index (χ2v) is 16.7. The molecule has 2 atom stereocenters. The molecule has 0 aromatic heterocycles. The van der Waals surface area contributed by atoms with Crippen molar-refractivity contribution in [2.75, 3.05) is 62.3 Å². The van der Waals surface area contributed by atoms with Crippen LogP contribution in [-0.2, 0) is 11.5 Å². The van der Waals surface area contributed by atoms with Gasteiger partial charge in [-0.05, 0) is 85.1 Å². The Morgan fingerprint density at radius 3 is 1.23 bits per heavy atom. The zero-order chi connectivity index (χ0) is 31.9. The summed E-state index contributed by atoms with van der Waals surface area (Å²) in [5.41, 5.74) is 2.68. The third kappa shape index (κ3) is 12.2. The van der Waals surface area contributed by atoms with Crippen molar-refractivity contribution >= 4 is 94.1 Å². The molecule has 242 valence electrons. The molecule has 2 N–H and O–H groups in total. The monoisotopic (exact) mass is 746 g/mol. The first-order valence-corrected chi connectivity index (χ1v) is 23.5. The largest absolute Gasteiger partial charge is 0.491 e. The van der Waals surface area contributed by atoms with Crippen molar-refractivity contribution in [3.8, 4) is 11.5 Å². The molecule has 0 radical (unpaired) electrons. The van der Waals surface area contributed by atoms with Crippen LogP contribution in [-0.4, -0.2) is 84.7 Å². The Bertz CT molecular complexity index is 1160. The van der Waals surface area contributed by atoms with Crippen molar-refractivity contribution in [3.63, 3.8) is 0 Å². The van der Waals surface area contributed by atoms with Gasteiger partial charge in [-0.15, -0.1) is 70.6 Å². The average molecular weight is 747 g/mol. The van der Waals surface area contributed by atoms with E-state index in [4.69, 9.17) is 9.47 Å². The van der Waals surface area contributed by atoms with Gasteiger partial charge in [-0.2, -0.15) is 23.5 Å². The van der Waals surface area contributed by atoms with Gasteiger partial charge in [-0.25, -0.2) is 0 Å². The van der Waals surface area contributed by atoms with Crippen LogP contribution in [0.1, 0.15) is 11.1 Å². The number of hydrogen-bond acceptors (Lipinski definition) is 12. The van der Waals surface area contributed by atoms with Crippen LogP contribution in [0.25, 0.3) is 0 Å². The summed E-state index contributed by atoms with van der Waals surface area (Å²) < 4.78 is 11.8. The van der Waals surface area contributed by atoms with Gasteiger partial charge in [0.25, 0.3) is 0 Å². The third-order valence-corrected chi connectivity index (χ3v) is 13.3. The Morgan fingerprint density at radius 2 is 0.909 bits per heavy atom. The molecular formula is C32H42O4S8. The maximum absolute atomic E-state index is 10.6. The van der Waals surface area contributed by atoms with Crippen LogP contribution in [0, 0.1) is 0 Å². The molecule has 4 nitrogen and oxygen atoms in total. The van der Waals surface area contributed by atoms with Gasteiger partial charge in [-0.1, -0.05) is 6.07 Å². The fourth-order valence-electron chi connectivity index (χ4n) is 4.17. The number of aliphatic hydroxyl groups is 2. The summed E-state index contributed by atoms with van der Waals surface area (Å²) in [7, 11) is 0. The molecule has 0 bridgehead atoms. The van der Waals surface area contributed by atoms with E-state index in [2.05, 4.69) is 61.8 Å². The fraction of sp³-hybridized carbons (Fsp3) is 0.438. The van der Waals surface area contributed by atoms with Crippen molar-refractivity contribution in [2.24, 2.45) is 0 Å². The van der Waals surface area contributed by atoms with Gasteiger partial charge in [0.05, 0.1) is 12.2 Å². The minimum absolute atomic E-state index is 0.208. The minimum Gasteiger partial charge on any atom is -0.491 e. The van der Waals surface area contributed by atoms with Gasteiger partial charge in [0.2, 0.25) is 0 Å². The van der Waals surface area contributed by atoms with Crippen LogP contribution in [0.2, 0.25) is 0 Å². The Balaban J connectivity index is 1.42. The summed E-state index contributed by atoms with van der Waals surface area (Å²) >= 11 is 14.1. The molecule has 3 rings (SSSR count). The van der Waals surface area contributed by atoms with Gasteiger partial charge >= 0.3 is 0 Å². The predicted octanol–water partition coefficient (Wildman–Crippen LogP) is 9.36. The first-order valence-electron chi connectivity index (χ1n) is 13.8. The molecule has 0 fully saturated rings.